The smallest absolute Gasteiger partial charge is 0.204 e. The molecular formula is C26H28O4. The van der Waals surface area contributed by atoms with Crippen LogP contribution in [0.4, 0.5) is 0 Å². The van der Waals surface area contributed by atoms with Crippen molar-refractivity contribution in [2.75, 3.05) is 13.7 Å². The van der Waals surface area contributed by atoms with E-state index in [0.717, 1.165) is 36.7 Å². The van der Waals surface area contributed by atoms with Gasteiger partial charge in [-0.1, -0.05) is 61.7 Å². The average Bonchev–Trinajstić information content (AvgIpc) is 2.78. The summed E-state index contributed by atoms with van der Waals surface area (Å²) in [4.78, 5) is 11.4. The van der Waals surface area contributed by atoms with Gasteiger partial charge in [0.05, 0.1) is 13.7 Å². The van der Waals surface area contributed by atoms with Gasteiger partial charge in [-0.05, 0) is 48.7 Å². The lowest BCUT2D eigenvalue weighted by Gasteiger charge is -2.16. The lowest BCUT2D eigenvalue weighted by molar-refractivity contribution is 0.112. The second-order valence-corrected chi connectivity index (χ2v) is 7.22. The predicted octanol–water partition coefficient (Wildman–Crippen LogP) is 6.84. The SMILES string of the molecule is CCCCCOc1c(OC)cc(C=O)cc1Oc1ccc(-c2ccc(C)cc2)cc1. The summed E-state index contributed by atoms with van der Waals surface area (Å²) in [6.07, 6.45) is 3.92. The van der Waals surface area contributed by atoms with Crippen molar-refractivity contribution >= 4 is 6.29 Å². The van der Waals surface area contributed by atoms with Crippen LogP contribution in [0.1, 0.15) is 42.1 Å². The molecule has 0 radical (unpaired) electrons. The Labute approximate surface area is 178 Å². The highest BCUT2D eigenvalue weighted by molar-refractivity contribution is 5.78. The summed E-state index contributed by atoms with van der Waals surface area (Å²) in [6.45, 7) is 4.78. The molecule has 0 amide bonds. The summed E-state index contributed by atoms with van der Waals surface area (Å²) in [7, 11) is 1.56. The summed E-state index contributed by atoms with van der Waals surface area (Å²) in [5.41, 5.74) is 3.96. The van der Waals surface area contributed by atoms with E-state index >= 15 is 0 Å². The number of ether oxygens (including phenoxy) is 3. The van der Waals surface area contributed by atoms with Crippen LogP contribution in [0, 0.1) is 6.92 Å². The number of aryl methyl sites for hydroxylation is 1. The van der Waals surface area contributed by atoms with Crippen molar-refractivity contribution in [3.05, 3.63) is 71.8 Å². The normalized spacial score (nSPS) is 10.5. The van der Waals surface area contributed by atoms with E-state index in [1.54, 1.807) is 19.2 Å². The molecule has 0 aromatic heterocycles. The standard InChI is InChI=1S/C26H28O4/c1-4-5-6-15-29-26-24(28-3)16-20(18-27)17-25(26)30-23-13-11-22(12-14-23)21-9-7-19(2)8-10-21/h7-14,16-18H,4-6,15H2,1-3H3. The third kappa shape index (κ3) is 5.41. The number of carbonyl (C=O) groups excluding carboxylic acids is 1. The van der Waals surface area contributed by atoms with Gasteiger partial charge < -0.3 is 14.2 Å². The number of hydrogen-bond donors (Lipinski definition) is 0. The predicted molar refractivity (Wildman–Crippen MR) is 120 cm³/mol. The summed E-state index contributed by atoms with van der Waals surface area (Å²) in [5.74, 6) is 2.13. The Morgan fingerprint density at radius 3 is 2.10 bits per heavy atom. The molecule has 0 saturated carbocycles. The van der Waals surface area contributed by atoms with Crippen molar-refractivity contribution in [1.29, 1.82) is 0 Å². The average molecular weight is 405 g/mol. The van der Waals surface area contributed by atoms with E-state index < -0.39 is 0 Å². The van der Waals surface area contributed by atoms with Crippen molar-refractivity contribution in [3.8, 4) is 34.1 Å². The van der Waals surface area contributed by atoms with Gasteiger partial charge in [0, 0.05) is 5.56 Å². The molecule has 4 heteroatoms. The van der Waals surface area contributed by atoms with Gasteiger partial charge in [0.1, 0.15) is 12.0 Å². The largest absolute Gasteiger partial charge is 0.493 e. The third-order valence-electron chi connectivity index (χ3n) is 4.86. The number of carbonyl (C=O) groups is 1. The first-order valence-corrected chi connectivity index (χ1v) is 10.3. The maximum atomic E-state index is 11.4. The van der Waals surface area contributed by atoms with Gasteiger partial charge in [-0.2, -0.15) is 0 Å². The number of methoxy groups -OCH3 is 1. The maximum absolute atomic E-state index is 11.4. The molecule has 0 spiro atoms. The monoisotopic (exact) mass is 404 g/mol. The third-order valence-corrected chi connectivity index (χ3v) is 4.86. The number of benzene rings is 3. The Kier molecular flexibility index (Phi) is 7.50. The lowest BCUT2D eigenvalue weighted by atomic mass is 10.0. The molecule has 0 N–H and O–H groups in total. The van der Waals surface area contributed by atoms with Gasteiger partial charge in [-0.15, -0.1) is 0 Å². The van der Waals surface area contributed by atoms with Gasteiger partial charge in [0.2, 0.25) is 5.75 Å². The Morgan fingerprint density at radius 1 is 0.867 bits per heavy atom. The van der Waals surface area contributed by atoms with Crippen LogP contribution in [0.5, 0.6) is 23.0 Å². The first-order chi connectivity index (χ1) is 14.6. The van der Waals surface area contributed by atoms with Gasteiger partial charge >= 0.3 is 0 Å². The van der Waals surface area contributed by atoms with Gasteiger partial charge in [-0.3, -0.25) is 4.79 Å². The van der Waals surface area contributed by atoms with E-state index in [4.69, 9.17) is 14.2 Å². The zero-order valence-electron chi connectivity index (χ0n) is 17.8. The van der Waals surface area contributed by atoms with Crippen LogP contribution in [0.3, 0.4) is 0 Å². The molecule has 0 aliphatic heterocycles. The Morgan fingerprint density at radius 2 is 1.50 bits per heavy atom. The van der Waals surface area contributed by atoms with E-state index in [0.29, 0.717) is 35.2 Å². The highest BCUT2D eigenvalue weighted by atomic mass is 16.5. The van der Waals surface area contributed by atoms with Crippen LogP contribution in [-0.2, 0) is 0 Å². The molecule has 3 aromatic carbocycles. The van der Waals surface area contributed by atoms with Crippen molar-refractivity contribution in [3.63, 3.8) is 0 Å². The first-order valence-electron chi connectivity index (χ1n) is 10.3. The summed E-state index contributed by atoms with van der Waals surface area (Å²) >= 11 is 0. The van der Waals surface area contributed by atoms with Crippen molar-refractivity contribution < 1.29 is 19.0 Å². The fourth-order valence-electron chi connectivity index (χ4n) is 3.15. The molecule has 3 rings (SSSR count). The Hall–Kier alpha value is -3.27. The zero-order valence-corrected chi connectivity index (χ0v) is 17.8. The fraction of sp³-hybridized carbons (Fsp3) is 0.269. The van der Waals surface area contributed by atoms with Gasteiger partial charge in [0.25, 0.3) is 0 Å². The van der Waals surface area contributed by atoms with E-state index in [9.17, 15) is 4.79 Å². The van der Waals surface area contributed by atoms with Crippen LogP contribution in [-0.4, -0.2) is 20.0 Å². The van der Waals surface area contributed by atoms with Crippen molar-refractivity contribution in [2.45, 2.75) is 33.1 Å². The number of unbranched alkanes of at least 4 members (excludes halogenated alkanes) is 2. The van der Waals surface area contributed by atoms with E-state index in [-0.39, 0.29) is 0 Å². The van der Waals surface area contributed by atoms with E-state index in [2.05, 4.69) is 38.1 Å². The quantitative estimate of drug-likeness (QED) is 0.274. The lowest BCUT2D eigenvalue weighted by Crippen LogP contribution is -2.02. The fourth-order valence-corrected chi connectivity index (χ4v) is 3.15. The van der Waals surface area contributed by atoms with Crippen molar-refractivity contribution in [1.82, 2.24) is 0 Å². The van der Waals surface area contributed by atoms with Crippen LogP contribution in [0.15, 0.2) is 60.7 Å². The molecule has 30 heavy (non-hydrogen) atoms. The van der Waals surface area contributed by atoms with Gasteiger partial charge in [0.15, 0.2) is 11.5 Å². The summed E-state index contributed by atoms with van der Waals surface area (Å²) < 4.78 is 17.5. The van der Waals surface area contributed by atoms with Crippen LogP contribution in [0.2, 0.25) is 0 Å². The molecule has 3 aromatic rings. The molecule has 0 aliphatic rings. The number of hydrogen-bond acceptors (Lipinski definition) is 4. The second-order valence-electron chi connectivity index (χ2n) is 7.22. The van der Waals surface area contributed by atoms with E-state index in [1.807, 2.05) is 24.3 Å². The number of rotatable bonds is 10. The molecule has 0 unspecified atom stereocenters. The minimum atomic E-state index is 0.469. The highest BCUT2D eigenvalue weighted by Gasteiger charge is 2.16. The first kappa shape index (κ1) is 21.4. The topological polar surface area (TPSA) is 44.8 Å². The molecule has 0 heterocycles. The summed E-state index contributed by atoms with van der Waals surface area (Å²) in [6, 6.07) is 19.6. The zero-order chi connectivity index (χ0) is 21.3. The van der Waals surface area contributed by atoms with Gasteiger partial charge in [-0.25, -0.2) is 0 Å². The highest BCUT2D eigenvalue weighted by Crippen LogP contribution is 2.41. The molecular weight excluding hydrogens is 376 g/mol. The van der Waals surface area contributed by atoms with Crippen LogP contribution < -0.4 is 14.2 Å². The molecule has 0 saturated heterocycles. The second kappa shape index (κ2) is 10.5. The van der Waals surface area contributed by atoms with Crippen LogP contribution in [0.25, 0.3) is 11.1 Å². The number of aldehydes is 1. The van der Waals surface area contributed by atoms with E-state index in [1.165, 1.54) is 5.56 Å². The summed E-state index contributed by atoms with van der Waals surface area (Å²) in [5, 5.41) is 0. The Balaban J connectivity index is 1.84. The minimum absolute atomic E-state index is 0.469. The van der Waals surface area contributed by atoms with Crippen molar-refractivity contribution in [2.24, 2.45) is 0 Å². The molecule has 0 atom stereocenters. The van der Waals surface area contributed by atoms with Crippen LogP contribution >= 0.6 is 0 Å². The molecule has 4 nitrogen and oxygen atoms in total. The Bertz CT molecular complexity index is 960. The molecule has 156 valence electrons. The molecule has 0 aliphatic carbocycles. The molecule has 0 fully saturated rings. The maximum Gasteiger partial charge on any atom is 0.204 e. The minimum Gasteiger partial charge on any atom is -0.493 e. The molecule has 0 bridgehead atoms.